The zero-order valence-corrected chi connectivity index (χ0v) is 13.1. The van der Waals surface area contributed by atoms with E-state index in [1.807, 2.05) is 11.7 Å². The van der Waals surface area contributed by atoms with Gasteiger partial charge in [-0.15, -0.1) is 5.10 Å². The number of ether oxygens (including phenoxy) is 1. The van der Waals surface area contributed by atoms with Crippen LogP contribution >= 0.6 is 15.9 Å². The minimum absolute atomic E-state index is 0.282. The van der Waals surface area contributed by atoms with Crippen LogP contribution in [0.15, 0.2) is 4.60 Å². The molecule has 1 N–H and O–H groups in total. The summed E-state index contributed by atoms with van der Waals surface area (Å²) < 4.78 is 8.75. The minimum atomic E-state index is 0.282. The summed E-state index contributed by atoms with van der Waals surface area (Å²) in [5, 5.41) is 11.9. The van der Waals surface area contributed by atoms with Crippen LogP contribution in [-0.4, -0.2) is 33.7 Å². The topological polar surface area (TPSA) is 52.0 Å². The summed E-state index contributed by atoms with van der Waals surface area (Å²) in [7, 11) is 1.96. The number of hydrogen-bond acceptors (Lipinski definition) is 4. The van der Waals surface area contributed by atoms with Crippen LogP contribution in [0.4, 0.5) is 0 Å². The van der Waals surface area contributed by atoms with Gasteiger partial charge in [0.2, 0.25) is 0 Å². The van der Waals surface area contributed by atoms with E-state index in [4.69, 9.17) is 4.74 Å². The van der Waals surface area contributed by atoms with Gasteiger partial charge < -0.3 is 10.1 Å². The van der Waals surface area contributed by atoms with Gasteiger partial charge >= 0.3 is 0 Å². The number of halogens is 1. The van der Waals surface area contributed by atoms with Gasteiger partial charge in [-0.25, -0.2) is 4.68 Å². The number of nitrogens with one attached hydrogen (secondary N) is 1. The SMILES string of the molecule is CCCNC(c1c(Br)nnn1C)C1CC2CCC1O2. The Morgan fingerprint density at radius 1 is 1.53 bits per heavy atom. The second-order valence-electron chi connectivity index (χ2n) is 5.59. The fraction of sp³-hybridized carbons (Fsp3) is 0.846. The Hall–Kier alpha value is -0.460. The maximum atomic E-state index is 6.02. The molecule has 2 fully saturated rings. The Kier molecular flexibility index (Phi) is 3.91. The molecule has 0 radical (unpaired) electrons. The van der Waals surface area contributed by atoms with Crippen molar-refractivity contribution in [2.75, 3.05) is 6.54 Å². The molecule has 1 aromatic heterocycles. The molecule has 2 saturated heterocycles. The van der Waals surface area contributed by atoms with Crippen LogP contribution in [0.5, 0.6) is 0 Å². The standard InChI is InChI=1S/C13H21BrN4O/c1-3-6-15-11(12-13(14)16-17-18(12)2)9-7-8-4-5-10(9)19-8/h8-11,15H,3-7H2,1-2H3. The molecule has 106 valence electrons. The van der Waals surface area contributed by atoms with E-state index in [1.165, 1.54) is 12.8 Å². The van der Waals surface area contributed by atoms with Crippen LogP contribution < -0.4 is 5.32 Å². The molecule has 6 heteroatoms. The van der Waals surface area contributed by atoms with Crippen molar-refractivity contribution in [3.8, 4) is 0 Å². The van der Waals surface area contributed by atoms with E-state index in [0.29, 0.717) is 18.1 Å². The molecule has 3 rings (SSSR count). The monoisotopic (exact) mass is 328 g/mol. The summed E-state index contributed by atoms with van der Waals surface area (Å²) >= 11 is 3.53. The fourth-order valence-corrected chi connectivity index (χ4v) is 4.02. The summed E-state index contributed by atoms with van der Waals surface area (Å²) in [5.74, 6) is 0.541. The first kappa shape index (κ1) is 13.5. The average molecular weight is 329 g/mol. The van der Waals surface area contributed by atoms with E-state index in [9.17, 15) is 0 Å². The van der Waals surface area contributed by atoms with Crippen molar-refractivity contribution in [3.63, 3.8) is 0 Å². The highest BCUT2D eigenvalue weighted by Crippen LogP contribution is 2.45. The number of nitrogens with zero attached hydrogens (tertiary/aromatic N) is 3. The Morgan fingerprint density at radius 3 is 2.89 bits per heavy atom. The molecule has 0 saturated carbocycles. The van der Waals surface area contributed by atoms with Crippen molar-refractivity contribution in [1.29, 1.82) is 0 Å². The third kappa shape index (κ3) is 2.45. The zero-order valence-electron chi connectivity index (χ0n) is 11.5. The van der Waals surface area contributed by atoms with Gasteiger partial charge in [-0.1, -0.05) is 12.1 Å². The van der Waals surface area contributed by atoms with E-state index in [0.717, 1.165) is 29.7 Å². The summed E-state index contributed by atoms with van der Waals surface area (Å²) in [6.45, 7) is 3.20. The molecular weight excluding hydrogens is 308 g/mol. The van der Waals surface area contributed by atoms with Gasteiger partial charge in [0.05, 0.1) is 23.9 Å². The van der Waals surface area contributed by atoms with Crippen molar-refractivity contribution in [3.05, 3.63) is 10.3 Å². The number of aromatic nitrogens is 3. The first-order chi connectivity index (χ1) is 9.20. The lowest BCUT2D eigenvalue weighted by molar-refractivity contribution is 0.0849. The highest BCUT2D eigenvalue weighted by Gasteiger charge is 2.45. The minimum Gasteiger partial charge on any atom is -0.375 e. The summed E-state index contributed by atoms with van der Waals surface area (Å²) in [6, 6.07) is 0.282. The predicted molar refractivity (Wildman–Crippen MR) is 75.7 cm³/mol. The van der Waals surface area contributed by atoms with E-state index < -0.39 is 0 Å². The third-order valence-corrected chi connectivity index (χ3v) is 4.88. The first-order valence-corrected chi connectivity index (χ1v) is 7.94. The molecular formula is C13H21BrN4O. The molecule has 5 nitrogen and oxygen atoms in total. The molecule has 0 aliphatic carbocycles. The van der Waals surface area contributed by atoms with Gasteiger partial charge in [-0.3, -0.25) is 0 Å². The highest BCUT2D eigenvalue weighted by molar-refractivity contribution is 9.10. The summed E-state index contributed by atoms with van der Waals surface area (Å²) in [5.41, 5.74) is 1.15. The molecule has 2 aliphatic rings. The lowest BCUT2D eigenvalue weighted by Gasteiger charge is -2.29. The number of hydrogen-bond donors (Lipinski definition) is 1. The van der Waals surface area contributed by atoms with E-state index >= 15 is 0 Å². The molecule has 2 bridgehead atoms. The predicted octanol–water partition coefficient (Wildman–Crippen LogP) is 2.19. The quantitative estimate of drug-likeness (QED) is 0.900. The summed E-state index contributed by atoms with van der Waals surface area (Å²) in [4.78, 5) is 0. The highest BCUT2D eigenvalue weighted by atomic mass is 79.9. The number of aryl methyl sites for hydroxylation is 1. The van der Waals surface area contributed by atoms with Gasteiger partial charge in [0.15, 0.2) is 4.60 Å². The number of fused-ring (bicyclic) bond motifs is 2. The largest absolute Gasteiger partial charge is 0.375 e. The van der Waals surface area contributed by atoms with Crippen LogP contribution in [0.3, 0.4) is 0 Å². The molecule has 4 atom stereocenters. The molecule has 0 spiro atoms. The molecule has 3 heterocycles. The molecule has 19 heavy (non-hydrogen) atoms. The lowest BCUT2D eigenvalue weighted by Crippen LogP contribution is -2.35. The molecule has 4 unspecified atom stereocenters. The normalized spacial score (nSPS) is 31.0. The van der Waals surface area contributed by atoms with Crippen molar-refractivity contribution in [2.45, 2.75) is 50.9 Å². The van der Waals surface area contributed by atoms with Crippen LogP contribution in [0.25, 0.3) is 0 Å². The Morgan fingerprint density at radius 2 is 2.37 bits per heavy atom. The Bertz CT molecular complexity index is 430. The van der Waals surface area contributed by atoms with E-state index in [2.05, 4.69) is 38.5 Å². The molecule has 2 aliphatic heterocycles. The fourth-order valence-electron chi connectivity index (χ4n) is 3.45. The van der Waals surface area contributed by atoms with Crippen LogP contribution in [0, 0.1) is 5.92 Å². The van der Waals surface area contributed by atoms with Crippen molar-refractivity contribution in [2.24, 2.45) is 13.0 Å². The molecule has 0 aromatic carbocycles. The van der Waals surface area contributed by atoms with Gasteiger partial charge in [0.25, 0.3) is 0 Å². The van der Waals surface area contributed by atoms with Crippen molar-refractivity contribution in [1.82, 2.24) is 20.3 Å². The van der Waals surface area contributed by atoms with Gasteiger partial charge in [-0.2, -0.15) is 0 Å². The van der Waals surface area contributed by atoms with E-state index in [-0.39, 0.29) is 6.04 Å². The second kappa shape index (κ2) is 5.50. The smallest absolute Gasteiger partial charge is 0.153 e. The maximum absolute atomic E-state index is 6.02. The second-order valence-corrected chi connectivity index (χ2v) is 6.35. The Balaban J connectivity index is 1.85. The third-order valence-electron chi connectivity index (χ3n) is 4.32. The number of rotatable bonds is 5. The van der Waals surface area contributed by atoms with Gasteiger partial charge in [0.1, 0.15) is 0 Å². The molecule has 1 aromatic rings. The van der Waals surface area contributed by atoms with Gasteiger partial charge in [0, 0.05) is 13.0 Å². The van der Waals surface area contributed by atoms with Crippen molar-refractivity contribution >= 4 is 15.9 Å². The zero-order chi connectivity index (χ0) is 13.4. The van der Waals surface area contributed by atoms with Crippen LogP contribution in [-0.2, 0) is 11.8 Å². The first-order valence-electron chi connectivity index (χ1n) is 7.14. The van der Waals surface area contributed by atoms with E-state index in [1.54, 1.807) is 0 Å². The molecule has 0 amide bonds. The van der Waals surface area contributed by atoms with Crippen LogP contribution in [0.1, 0.15) is 44.3 Å². The van der Waals surface area contributed by atoms with Crippen LogP contribution in [0.2, 0.25) is 0 Å². The van der Waals surface area contributed by atoms with Crippen molar-refractivity contribution < 1.29 is 4.74 Å². The lowest BCUT2D eigenvalue weighted by atomic mass is 9.82. The average Bonchev–Trinajstić information content (AvgIpc) is 3.09. The Labute approximate surface area is 122 Å². The van der Waals surface area contributed by atoms with Gasteiger partial charge in [-0.05, 0) is 48.2 Å². The summed E-state index contributed by atoms with van der Waals surface area (Å²) in [6.07, 6.45) is 5.58. The maximum Gasteiger partial charge on any atom is 0.153 e.